The van der Waals surface area contributed by atoms with Crippen molar-refractivity contribution >= 4 is 35.0 Å². The van der Waals surface area contributed by atoms with Gasteiger partial charge in [-0.1, -0.05) is 26.0 Å². The molecule has 0 aromatic heterocycles. The molecule has 0 saturated carbocycles. The molecule has 1 amide bonds. The Hall–Kier alpha value is -2.66. The van der Waals surface area contributed by atoms with E-state index < -0.39 is 0 Å². The fourth-order valence-corrected chi connectivity index (χ4v) is 3.32. The molecular weight excluding hydrogens is 344 g/mol. The molecule has 0 radical (unpaired) electrons. The molecule has 2 aromatic rings. The fourth-order valence-electron chi connectivity index (χ4n) is 3.02. The molecule has 0 aliphatic carbocycles. The van der Waals surface area contributed by atoms with Crippen molar-refractivity contribution < 1.29 is 9.90 Å². The normalized spacial score (nSPS) is 15.9. The summed E-state index contributed by atoms with van der Waals surface area (Å²) in [5, 5.41) is 13.3. The lowest BCUT2D eigenvalue weighted by Gasteiger charge is -2.15. The second-order valence-electron chi connectivity index (χ2n) is 6.88. The molecule has 4 nitrogen and oxygen atoms in total. The summed E-state index contributed by atoms with van der Waals surface area (Å²) in [7, 11) is 0. The predicted molar refractivity (Wildman–Crippen MR) is 109 cm³/mol. The maximum atomic E-state index is 12.8. The molecule has 0 atom stereocenters. The molecule has 3 rings (SSSR count). The number of phenols is 1. The molecule has 1 aliphatic rings. The second-order valence-corrected chi connectivity index (χ2v) is 7.26. The molecule has 26 heavy (non-hydrogen) atoms. The highest BCUT2D eigenvalue weighted by Crippen LogP contribution is 2.27. The standard InChI is InChI=1S/C21H22N2O2S/c1-12(2)16-5-7-17(8-6-16)23-20(25)18(22-21(23)26)11-15-9-13(3)19(24)14(4)10-15/h5-12,24H,1-4H3,(H,22,26)/b18-11+. The molecule has 0 bridgehead atoms. The third-order valence-corrected chi connectivity index (χ3v) is 4.81. The van der Waals surface area contributed by atoms with Crippen LogP contribution in [0.3, 0.4) is 0 Å². The molecule has 5 heteroatoms. The Labute approximate surface area is 159 Å². The summed E-state index contributed by atoms with van der Waals surface area (Å²) in [6, 6.07) is 11.5. The van der Waals surface area contributed by atoms with Gasteiger partial charge in [0.1, 0.15) is 11.4 Å². The molecule has 1 aliphatic heterocycles. The Balaban J connectivity index is 1.91. The average Bonchev–Trinajstić information content (AvgIpc) is 2.86. The average molecular weight is 366 g/mol. The summed E-state index contributed by atoms with van der Waals surface area (Å²) < 4.78 is 0. The van der Waals surface area contributed by atoms with E-state index in [1.165, 1.54) is 10.5 Å². The molecule has 0 unspecified atom stereocenters. The first-order chi connectivity index (χ1) is 12.3. The van der Waals surface area contributed by atoms with E-state index in [9.17, 15) is 9.90 Å². The van der Waals surface area contributed by atoms with E-state index in [0.29, 0.717) is 16.7 Å². The van der Waals surface area contributed by atoms with Crippen LogP contribution in [0.1, 0.15) is 42.0 Å². The Kier molecular flexibility index (Phi) is 4.83. The summed E-state index contributed by atoms with van der Waals surface area (Å²) in [5.41, 5.74) is 4.77. The first kappa shape index (κ1) is 18.1. The van der Waals surface area contributed by atoms with Crippen LogP contribution < -0.4 is 10.2 Å². The first-order valence-electron chi connectivity index (χ1n) is 8.55. The topological polar surface area (TPSA) is 52.6 Å². The zero-order valence-corrected chi connectivity index (χ0v) is 16.1. The fraction of sp³-hybridized carbons (Fsp3) is 0.238. The Morgan fingerprint density at radius 2 is 1.69 bits per heavy atom. The van der Waals surface area contributed by atoms with Crippen LogP contribution in [0.2, 0.25) is 0 Å². The van der Waals surface area contributed by atoms with E-state index in [2.05, 4.69) is 19.2 Å². The lowest BCUT2D eigenvalue weighted by Crippen LogP contribution is -2.30. The van der Waals surface area contributed by atoms with Crippen molar-refractivity contribution in [3.05, 3.63) is 64.3 Å². The van der Waals surface area contributed by atoms with Gasteiger partial charge in [-0.2, -0.15) is 0 Å². The van der Waals surface area contributed by atoms with E-state index in [1.807, 2.05) is 50.2 Å². The number of hydrogen-bond acceptors (Lipinski definition) is 3. The van der Waals surface area contributed by atoms with Crippen molar-refractivity contribution in [3.8, 4) is 5.75 Å². The third-order valence-electron chi connectivity index (χ3n) is 4.52. The van der Waals surface area contributed by atoms with E-state index in [1.54, 1.807) is 6.08 Å². The summed E-state index contributed by atoms with van der Waals surface area (Å²) in [6.45, 7) is 7.93. The number of carbonyl (C=O) groups excluding carboxylic acids is 1. The number of nitrogens with one attached hydrogen (secondary N) is 1. The van der Waals surface area contributed by atoms with Gasteiger partial charge in [0.25, 0.3) is 5.91 Å². The predicted octanol–water partition coefficient (Wildman–Crippen LogP) is 4.39. The van der Waals surface area contributed by atoms with E-state index >= 15 is 0 Å². The number of anilines is 1. The van der Waals surface area contributed by atoms with Gasteiger partial charge in [-0.15, -0.1) is 0 Å². The van der Waals surface area contributed by atoms with Gasteiger partial charge in [0.05, 0.1) is 5.69 Å². The molecule has 1 heterocycles. The summed E-state index contributed by atoms with van der Waals surface area (Å²) in [4.78, 5) is 14.3. The molecular formula is C21H22N2O2S. The maximum Gasteiger partial charge on any atom is 0.281 e. The van der Waals surface area contributed by atoms with E-state index in [0.717, 1.165) is 22.4 Å². The number of thiocarbonyl (C=S) groups is 1. The lowest BCUT2D eigenvalue weighted by molar-refractivity contribution is -0.113. The van der Waals surface area contributed by atoms with Gasteiger partial charge < -0.3 is 10.4 Å². The largest absolute Gasteiger partial charge is 0.507 e. The highest BCUT2D eigenvalue weighted by Gasteiger charge is 2.32. The van der Waals surface area contributed by atoms with Crippen molar-refractivity contribution in [1.82, 2.24) is 5.32 Å². The minimum absolute atomic E-state index is 0.185. The number of aromatic hydroxyl groups is 1. The number of carbonyl (C=O) groups is 1. The van der Waals surface area contributed by atoms with E-state index in [-0.39, 0.29) is 11.7 Å². The number of nitrogens with zero attached hydrogens (tertiary/aromatic N) is 1. The van der Waals surface area contributed by atoms with Crippen molar-refractivity contribution in [2.75, 3.05) is 4.90 Å². The Morgan fingerprint density at radius 1 is 1.12 bits per heavy atom. The molecule has 134 valence electrons. The van der Waals surface area contributed by atoms with E-state index in [4.69, 9.17) is 12.2 Å². The van der Waals surface area contributed by atoms with Crippen LogP contribution in [-0.4, -0.2) is 16.1 Å². The lowest BCUT2D eigenvalue weighted by atomic mass is 10.0. The maximum absolute atomic E-state index is 12.8. The van der Waals surface area contributed by atoms with Crippen molar-refractivity contribution in [2.45, 2.75) is 33.6 Å². The quantitative estimate of drug-likeness (QED) is 0.625. The highest BCUT2D eigenvalue weighted by molar-refractivity contribution is 7.80. The van der Waals surface area contributed by atoms with Crippen LogP contribution in [-0.2, 0) is 4.79 Å². The molecule has 2 aromatic carbocycles. The van der Waals surface area contributed by atoms with Gasteiger partial charge in [-0.25, -0.2) is 0 Å². The minimum atomic E-state index is -0.185. The monoisotopic (exact) mass is 366 g/mol. The number of phenolic OH excluding ortho intramolecular Hbond substituents is 1. The zero-order chi connectivity index (χ0) is 19.0. The third kappa shape index (κ3) is 3.35. The number of hydrogen-bond donors (Lipinski definition) is 2. The summed E-state index contributed by atoms with van der Waals surface area (Å²) in [6.07, 6.45) is 1.76. The van der Waals surface area contributed by atoms with Gasteiger partial charge in [0.2, 0.25) is 0 Å². The van der Waals surface area contributed by atoms with Gasteiger partial charge in [0.15, 0.2) is 5.11 Å². The summed E-state index contributed by atoms with van der Waals surface area (Å²) >= 11 is 5.36. The van der Waals surface area contributed by atoms with Crippen molar-refractivity contribution in [2.24, 2.45) is 0 Å². The van der Waals surface area contributed by atoms with Gasteiger partial charge >= 0.3 is 0 Å². The van der Waals surface area contributed by atoms with Crippen LogP contribution >= 0.6 is 12.2 Å². The van der Waals surface area contributed by atoms with Crippen LogP contribution in [0, 0.1) is 13.8 Å². The second kappa shape index (κ2) is 6.92. The molecule has 2 N–H and O–H groups in total. The first-order valence-corrected chi connectivity index (χ1v) is 8.96. The smallest absolute Gasteiger partial charge is 0.281 e. The Morgan fingerprint density at radius 3 is 2.23 bits per heavy atom. The van der Waals surface area contributed by atoms with Crippen LogP contribution in [0.25, 0.3) is 6.08 Å². The highest BCUT2D eigenvalue weighted by atomic mass is 32.1. The minimum Gasteiger partial charge on any atom is -0.507 e. The zero-order valence-electron chi connectivity index (χ0n) is 15.3. The Bertz CT molecular complexity index is 891. The van der Waals surface area contributed by atoms with Crippen molar-refractivity contribution in [3.63, 3.8) is 0 Å². The molecule has 0 spiro atoms. The molecule has 1 fully saturated rings. The van der Waals surface area contributed by atoms with Crippen LogP contribution in [0.15, 0.2) is 42.1 Å². The molecule has 1 saturated heterocycles. The summed E-state index contributed by atoms with van der Waals surface area (Å²) in [5.74, 6) is 0.524. The number of rotatable bonds is 3. The van der Waals surface area contributed by atoms with Crippen LogP contribution in [0.4, 0.5) is 5.69 Å². The van der Waals surface area contributed by atoms with Crippen LogP contribution in [0.5, 0.6) is 5.75 Å². The van der Waals surface area contributed by atoms with Crippen molar-refractivity contribution in [1.29, 1.82) is 0 Å². The number of aryl methyl sites for hydroxylation is 2. The SMILES string of the molecule is Cc1cc(/C=C2/NC(=S)N(c3ccc(C(C)C)cc3)C2=O)cc(C)c1O. The van der Waals surface area contributed by atoms with Gasteiger partial charge in [-0.05, 0) is 84.6 Å². The van der Waals surface area contributed by atoms with Gasteiger partial charge in [0, 0.05) is 0 Å². The number of benzene rings is 2. The van der Waals surface area contributed by atoms with Gasteiger partial charge in [-0.3, -0.25) is 9.69 Å². The number of amides is 1.